The number of hydrogen-bond acceptors (Lipinski definition) is 5. The van der Waals surface area contributed by atoms with Crippen LogP contribution in [0.5, 0.6) is 5.75 Å². The molecule has 0 aliphatic carbocycles. The first kappa shape index (κ1) is 12.9. The molecule has 1 atom stereocenters. The molecule has 1 heterocycles. The van der Waals surface area contributed by atoms with Crippen molar-refractivity contribution in [3.05, 3.63) is 22.2 Å². The molecule has 1 aromatic rings. The van der Waals surface area contributed by atoms with Crippen molar-refractivity contribution in [1.82, 2.24) is 0 Å². The van der Waals surface area contributed by atoms with E-state index in [4.69, 9.17) is 20.2 Å². The first-order valence-corrected chi connectivity index (χ1v) is 6.08. The van der Waals surface area contributed by atoms with E-state index in [-0.39, 0.29) is 25.9 Å². The van der Waals surface area contributed by atoms with Crippen molar-refractivity contribution in [3.8, 4) is 5.75 Å². The Kier molecular flexibility index (Phi) is 4.06. The Labute approximate surface area is 108 Å². The third kappa shape index (κ3) is 2.34. The van der Waals surface area contributed by atoms with Gasteiger partial charge < -0.3 is 25.3 Å². The minimum absolute atomic E-state index is 0.0812. The molecule has 0 saturated carbocycles. The first-order chi connectivity index (χ1) is 8.19. The van der Waals surface area contributed by atoms with Gasteiger partial charge >= 0.3 is 7.12 Å². The quantitative estimate of drug-likeness (QED) is 0.655. The van der Waals surface area contributed by atoms with Crippen LogP contribution in [0.1, 0.15) is 11.7 Å². The Morgan fingerprint density at radius 3 is 2.94 bits per heavy atom. The average molecular weight is 302 g/mol. The minimum atomic E-state index is -1.04. The summed E-state index contributed by atoms with van der Waals surface area (Å²) in [6, 6.07) is 3.54. The molecule has 0 saturated heterocycles. The van der Waals surface area contributed by atoms with Crippen LogP contribution in [0.15, 0.2) is 16.6 Å². The first-order valence-electron chi connectivity index (χ1n) is 5.28. The summed E-state index contributed by atoms with van der Waals surface area (Å²) in [6.45, 7) is 0.377. The predicted molar refractivity (Wildman–Crippen MR) is 67.2 cm³/mol. The Hall–Kier alpha value is -0.595. The number of halogens is 1. The number of hydrogen-bond donors (Lipinski definition) is 3. The highest BCUT2D eigenvalue weighted by molar-refractivity contribution is 9.10. The van der Waals surface area contributed by atoms with E-state index in [0.717, 1.165) is 10.0 Å². The summed E-state index contributed by atoms with van der Waals surface area (Å²) >= 11 is 3.41. The molecular formula is C10H13BBrNO4. The highest BCUT2D eigenvalue weighted by Crippen LogP contribution is 2.33. The molecule has 0 radical (unpaired) electrons. The molecule has 0 spiro atoms. The van der Waals surface area contributed by atoms with Crippen molar-refractivity contribution >= 4 is 28.5 Å². The summed E-state index contributed by atoms with van der Waals surface area (Å²) in [7, 11) is -1.04. The van der Waals surface area contributed by atoms with Gasteiger partial charge in [-0.2, -0.15) is 0 Å². The third-order valence-electron chi connectivity index (χ3n) is 2.62. The number of ether oxygens (including phenoxy) is 1. The molecule has 17 heavy (non-hydrogen) atoms. The monoisotopic (exact) mass is 301 g/mol. The summed E-state index contributed by atoms with van der Waals surface area (Å²) in [5.41, 5.74) is 6.99. The van der Waals surface area contributed by atoms with Crippen LogP contribution in [0.3, 0.4) is 0 Å². The van der Waals surface area contributed by atoms with Gasteiger partial charge in [-0.1, -0.05) is 15.9 Å². The van der Waals surface area contributed by atoms with E-state index < -0.39 is 7.12 Å². The molecule has 1 aromatic carbocycles. The van der Waals surface area contributed by atoms with E-state index in [9.17, 15) is 5.02 Å². The summed E-state index contributed by atoms with van der Waals surface area (Å²) in [4.78, 5) is 0. The van der Waals surface area contributed by atoms with Gasteiger partial charge in [-0.05, 0) is 17.7 Å². The second-order valence-electron chi connectivity index (χ2n) is 3.66. The van der Waals surface area contributed by atoms with Crippen LogP contribution < -0.4 is 15.9 Å². The summed E-state index contributed by atoms with van der Waals surface area (Å²) in [6.07, 6.45) is -0.341. The number of aliphatic hydroxyl groups is 1. The van der Waals surface area contributed by atoms with Crippen molar-refractivity contribution < 1.29 is 19.5 Å². The van der Waals surface area contributed by atoms with Gasteiger partial charge in [-0.3, -0.25) is 0 Å². The van der Waals surface area contributed by atoms with Gasteiger partial charge in [0, 0.05) is 16.5 Å². The molecule has 0 unspecified atom stereocenters. The zero-order valence-corrected chi connectivity index (χ0v) is 10.7. The second-order valence-corrected chi connectivity index (χ2v) is 4.51. The Bertz CT molecular complexity index is 418. The lowest BCUT2D eigenvalue weighted by molar-refractivity contribution is 0.196. The van der Waals surface area contributed by atoms with E-state index in [0.29, 0.717) is 11.2 Å². The maximum Gasteiger partial charge on any atom is 0.495 e. The van der Waals surface area contributed by atoms with E-state index >= 15 is 0 Å². The number of fused-ring (bicyclic) bond motifs is 1. The third-order valence-corrected chi connectivity index (χ3v) is 3.31. The lowest BCUT2D eigenvalue weighted by Gasteiger charge is -2.12. The zero-order valence-electron chi connectivity index (χ0n) is 9.10. The van der Waals surface area contributed by atoms with Crippen molar-refractivity contribution in [1.29, 1.82) is 0 Å². The lowest BCUT2D eigenvalue weighted by atomic mass is 9.78. The standard InChI is InChI=1S/C10H13BBrNO4/c12-6-1-2-7(16-4-3-14)10-9(6)8(5-13)17-11(10)15/h1-2,8,14-15H,3-5,13H2/t8-/m0/s1. The molecule has 1 aliphatic heterocycles. The SMILES string of the molecule is NC[C@@H]1OB(O)c2c(OCCO)ccc(Br)c21. The molecule has 1 aliphatic rings. The van der Waals surface area contributed by atoms with Crippen LogP contribution in [0.4, 0.5) is 0 Å². The fraction of sp³-hybridized carbons (Fsp3) is 0.400. The van der Waals surface area contributed by atoms with Gasteiger partial charge in [0.15, 0.2) is 0 Å². The molecule has 0 bridgehead atoms. The van der Waals surface area contributed by atoms with Crippen LogP contribution in [0.25, 0.3) is 0 Å². The molecule has 7 heteroatoms. The van der Waals surface area contributed by atoms with Crippen LogP contribution in [-0.2, 0) is 4.65 Å². The van der Waals surface area contributed by atoms with Crippen LogP contribution in [0, 0.1) is 0 Å². The summed E-state index contributed by atoms with van der Waals surface area (Å²) in [5.74, 6) is 0.515. The maximum absolute atomic E-state index is 9.85. The van der Waals surface area contributed by atoms with Gasteiger partial charge in [0.05, 0.1) is 12.7 Å². The number of benzene rings is 1. The van der Waals surface area contributed by atoms with E-state index in [1.807, 2.05) is 6.07 Å². The van der Waals surface area contributed by atoms with Crippen molar-refractivity contribution in [2.45, 2.75) is 6.10 Å². The smallest absolute Gasteiger partial charge is 0.492 e. The maximum atomic E-state index is 9.85. The van der Waals surface area contributed by atoms with Crippen molar-refractivity contribution in [2.75, 3.05) is 19.8 Å². The van der Waals surface area contributed by atoms with E-state index in [1.165, 1.54) is 0 Å². The zero-order chi connectivity index (χ0) is 12.4. The highest BCUT2D eigenvalue weighted by atomic mass is 79.9. The molecular weight excluding hydrogens is 289 g/mol. The van der Waals surface area contributed by atoms with Crippen LogP contribution in [-0.4, -0.2) is 37.0 Å². The fourth-order valence-corrected chi connectivity index (χ4v) is 2.52. The molecule has 0 fully saturated rings. The number of nitrogens with two attached hydrogens (primary N) is 1. The van der Waals surface area contributed by atoms with Crippen LogP contribution >= 0.6 is 15.9 Å². The highest BCUT2D eigenvalue weighted by Gasteiger charge is 2.38. The summed E-state index contributed by atoms with van der Waals surface area (Å²) < 4.78 is 11.5. The minimum Gasteiger partial charge on any atom is -0.492 e. The van der Waals surface area contributed by atoms with E-state index in [2.05, 4.69) is 15.9 Å². The lowest BCUT2D eigenvalue weighted by Crippen LogP contribution is -2.30. The topological polar surface area (TPSA) is 84.9 Å². The fourth-order valence-electron chi connectivity index (χ4n) is 1.92. The average Bonchev–Trinajstić information content (AvgIpc) is 2.67. The number of rotatable bonds is 4. The van der Waals surface area contributed by atoms with Crippen LogP contribution in [0.2, 0.25) is 0 Å². The molecule has 4 N–H and O–H groups in total. The van der Waals surface area contributed by atoms with Crippen molar-refractivity contribution in [3.63, 3.8) is 0 Å². The Morgan fingerprint density at radius 2 is 2.29 bits per heavy atom. The normalized spacial score (nSPS) is 18.4. The second kappa shape index (κ2) is 5.37. The van der Waals surface area contributed by atoms with Gasteiger partial charge in [-0.25, -0.2) is 0 Å². The van der Waals surface area contributed by atoms with Crippen molar-refractivity contribution in [2.24, 2.45) is 5.73 Å². The molecule has 0 aromatic heterocycles. The van der Waals surface area contributed by atoms with E-state index in [1.54, 1.807) is 6.07 Å². The van der Waals surface area contributed by atoms with Gasteiger partial charge in [0.25, 0.3) is 0 Å². The van der Waals surface area contributed by atoms with Gasteiger partial charge in [-0.15, -0.1) is 0 Å². The molecule has 5 nitrogen and oxygen atoms in total. The summed E-state index contributed by atoms with van der Waals surface area (Å²) in [5, 5.41) is 18.6. The largest absolute Gasteiger partial charge is 0.495 e. The molecule has 92 valence electrons. The molecule has 2 rings (SSSR count). The Morgan fingerprint density at radius 1 is 1.53 bits per heavy atom. The van der Waals surface area contributed by atoms with Gasteiger partial charge in [0.1, 0.15) is 12.4 Å². The molecule has 0 amide bonds. The predicted octanol–water partition coefficient (Wildman–Crippen LogP) is -0.462. The number of aliphatic hydroxyl groups excluding tert-OH is 1. The Balaban J connectivity index is 2.42. The van der Waals surface area contributed by atoms with Gasteiger partial charge in [0.2, 0.25) is 0 Å².